The Kier molecular flexibility index (Phi) is 10.5. The molecule has 8 nitrogen and oxygen atoms in total. The monoisotopic (exact) mass is 646 g/mol. The molecular weight excluding hydrogens is 598 g/mol. The lowest BCUT2D eigenvalue weighted by molar-refractivity contribution is -0.221. The largest absolute Gasteiger partial charge is 0.462 e. The summed E-state index contributed by atoms with van der Waals surface area (Å²) in [4.78, 5) is 64.0. The predicted molar refractivity (Wildman–Crippen MR) is 165 cm³/mol. The average Bonchev–Trinajstić information content (AvgIpc) is 3.35. The Balaban J connectivity index is 1.72. The lowest BCUT2D eigenvalue weighted by atomic mass is 9.43. The molecule has 46 heavy (non-hydrogen) atoms. The smallest absolute Gasteiger partial charge is 0.344 e. The summed E-state index contributed by atoms with van der Waals surface area (Å²) in [5, 5.41) is 0. The summed E-state index contributed by atoms with van der Waals surface area (Å²) < 4.78 is 47.5. The molecule has 1 aromatic carbocycles. The lowest BCUT2D eigenvalue weighted by Gasteiger charge is -2.62. The molecule has 254 valence electrons. The van der Waals surface area contributed by atoms with Crippen LogP contribution in [0.15, 0.2) is 30.3 Å². The molecule has 10 heteroatoms. The molecule has 3 aliphatic rings. The first-order chi connectivity index (χ1) is 21.5. The molecule has 3 aliphatic carbocycles. The van der Waals surface area contributed by atoms with E-state index in [1.54, 1.807) is 37.3 Å². The van der Waals surface area contributed by atoms with Crippen LogP contribution in [-0.2, 0) is 44.6 Å². The SMILES string of the molecule is CC(=O)OCC(=O)O[C@@H]1C[C@@](C)(CCC(=O)C(F)(F)CCc2ccccc2)[C@@H](OC(C)=O)[C@H](C)[C@@]23CCC(=O)[C@H]2[C@@]1(C)[C@H](C)CC3. The lowest BCUT2D eigenvalue weighted by Crippen LogP contribution is -2.64. The van der Waals surface area contributed by atoms with Crippen LogP contribution in [0.1, 0.15) is 98.5 Å². The second kappa shape index (κ2) is 13.5. The molecule has 1 aromatic rings. The first kappa shape index (κ1) is 35.7. The highest BCUT2D eigenvalue weighted by atomic mass is 19.3. The van der Waals surface area contributed by atoms with Gasteiger partial charge in [0.1, 0.15) is 18.0 Å². The number of hydrogen-bond acceptors (Lipinski definition) is 8. The van der Waals surface area contributed by atoms with Gasteiger partial charge in [-0.05, 0) is 55.4 Å². The molecule has 0 radical (unpaired) electrons. The van der Waals surface area contributed by atoms with Crippen LogP contribution < -0.4 is 0 Å². The van der Waals surface area contributed by atoms with E-state index < -0.39 is 83.4 Å². The number of carbonyl (C=O) groups excluding carboxylic acids is 5. The number of ether oxygens (including phenoxy) is 3. The number of hydrogen-bond donors (Lipinski definition) is 0. The number of alkyl halides is 2. The molecule has 8 atom stereocenters. The van der Waals surface area contributed by atoms with E-state index in [2.05, 4.69) is 0 Å². The Bertz CT molecular complexity index is 1330. The number of ketones is 2. The van der Waals surface area contributed by atoms with E-state index in [4.69, 9.17) is 14.2 Å². The third-order valence-corrected chi connectivity index (χ3v) is 11.7. The molecule has 0 unspecified atom stereocenters. The third kappa shape index (κ3) is 6.91. The van der Waals surface area contributed by atoms with E-state index in [0.29, 0.717) is 24.8 Å². The van der Waals surface area contributed by atoms with Crippen molar-refractivity contribution >= 4 is 29.5 Å². The van der Waals surface area contributed by atoms with Crippen molar-refractivity contribution in [2.45, 2.75) is 117 Å². The van der Waals surface area contributed by atoms with Crippen LogP contribution in [0.4, 0.5) is 8.78 Å². The van der Waals surface area contributed by atoms with Gasteiger partial charge in [0, 0.05) is 55.8 Å². The summed E-state index contributed by atoms with van der Waals surface area (Å²) in [6.07, 6.45) is -0.445. The molecule has 0 amide bonds. The summed E-state index contributed by atoms with van der Waals surface area (Å²) in [7, 11) is 0. The maximum atomic E-state index is 15.2. The van der Waals surface area contributed by atoms with Crippen LogP contribution in [0, 0.1) is 34.0 Å². The topological polar surface area (TPSA) is 113 Å². The van der Waals surface area contributed by atoms with Gasteiger partial charge in [-0.15, -0.1) is 0 Å². The Hall–Kier alpha value is -3.17. The van der Waals surface area contributed by atoms with E-state index in [9.17, 15) is 24.0 Å². The molecule has 4 rings (SSSR count). The molecule has 0 N–H and O–H groups in total. The molecule has 3 saturated carbocycles. The normalized spacial score (nSPS) is 34.1. The molecular formula is C36H48F2O8. The number of rotatable bonds is 11. The minimum absolute atomic E-state index is 0.0402. The van der Waals surface area contributed by atoms with Crippen molar-refractivity contribution in [3.05, 3.63) is 35.9 Å². The second-order valence-corrected chi connectivity index (χ2v) is 14.5. The highest BCUT2D eigenvalue weighted by molar-refractivity contribution is 5.86. The molecule has 0 aromatic heterocycles. The average molecular weight is 647 g/mol. The number of aryl methyl sites for hydroxylation is 1. The standard InChI is InChI=1S/C36H48F2O8/c1-22-12-17-35-18-14-27(41)31(35)34(22,6)29(46-30(43)21-44-24(3)39)20-33(5,32(23(35)2)45-25(4)40)16-15-28(42)36(37,38)19-13-26-10-8-7-9-11-26/h7-11,22-23,29,31-32H,12-21H2,1-6H3/t22-,23+,29-,31+,32+,33-,34+,35-/m1/s1. The van der Waals surface area contributed by atoms with Crippen molar-refractivity contribution < 1.29 is 47.0 Å². The summed E-state index contributed by atoms with van der Waals surface area (Å²) in [5.41, 5.74) is -1.79. The predicted octanol–water partition coefficient (Wildman–Crippen LogP) is 6.46. The van der Waals surface area contributed by atoms with Crippen molar-refractivity contribution in [2.75, 3.05) is 6.61 Å². The van der Waals surface area contributed by atoms with Crippen LogP contribution in [-0.4, -0.2) is 54.2 Å². The highest BCUT2D eigenvalue weighted by Gasteiger charge is 2.69. The van der Waals surface area contributed by atoms with E-state index in [1.165, 1.54) is 13.8 Å². The van der Waals surface area contributed by atoms with E-state index in [0.717, 1.165) is 6.42 Å². The van der Waals surface area contributed by atoms with Gasteiger partial charge in [0.25, 0.3) is 0 Å². The number of benzene rings is 1. The fraction of sp³-hybridized carbons (Fsp3) is 0.694. The Labute approximate surface area is 270 Å². The van der Waals surface area contributed by atoms with Crippen LogP contribution in [0.25, 0.3) is 0 Å². The van der Waals surface area contributed by atoms with Gasteiger partial charge in [0.15, 0.2) is 6.61 Å². The number of carbonyl (C=O) groups is 5. The van der Waals surface area contributed by atoms with Crippen molar-refractivity contribution in [2.24, 2.45) is 34.0 Å². The summed E-state index contributed by atoms with van der Waals surface area (Å²) in [5.74, 6) is -7.58. The van der Waals surface area contributed by atoms with E-state index >= 15 is 8.78 Å². The summed E-state index contributed by atoms with van der Waals surface area (Å²) >= 11 is 0. The maximum Gasteiger partial charge on any atom is 0.344 e. The van der Waals surface area contributed by atoms with E-state index in [1.807, 2.05) is 20.8 Å². The molecule has 0 spiro atoms. The second-order valence-electron chi connectivity index (χ2n) is 14.5. The minimum Gasteiger partial charge on any atom is -0.462 e. The van der Waals surface area contributed by atoms with Gasteiger partial charge >= 0.3 is 23.8 Å². The maximum absolute atomic E-state index is 15.2. The Morgan fingerprint density at radius 1 is 0.978 bits per heavy atom. The first-order valence-corrected chi connectivity index (χ1v) is 16.4. The molecule has 2 bridgehead atoms. The number of Topliss-reactive ketones (excluding diaryl/α,β-unsaturated/α-hetero) is 2. The van der Waals surface area contributed by atoms with Gasteiger partial charge in [0.2, 0.25) is 5.78 Å². The first-order valence-electron chi connectivity index (χ1n) is 16.4. The molecule has 0 saturated heterocycles. The van der Waals surface area contributed by atoms with Gasteiger partial charge in [0.05, 0.1) is 0 Å². The highest BCUT2D eigenvalue weighted by Crippen LogP contribution is 2.68. The summed E-state index contributed by atoms with van der Waals surface area (Å²) in [6, 6.07) is 8.79. The van der Waals surface area contributed by atoms with Crippen molar-refractivity contribution in [1.82, 2.24) is 0 Å². The third-order valence-electron chi connectivity index (χ3n) is 11.7. The van der Waals surface area contributed by atoms with Crippen LogP contribution in [0.2, 0.25) is 0 Å². The van der Waals surface area contributed by atoms with Crippen molar-refractivity contribution in [3.63, 3.8) is 0 Å². The molecule has 0 aliphatic heterocycles. The zero-order valence-electron chi connectivity index (χ0n) is 27.9. The van der Waals surface area contributed by atoms with Gasteiger partial charge in [-0.2, -0.15) is 8.78 Å². The number of esters is 3. The van der Waals surface area contributed by atoms with E-state index in [-0.39, 0.29) is 36.9 Å². The zero-order chi connectivity index (χ0) is 34.1. The van der Waals surface area contributed by atoms with Gasteiger partial charge < -0.3 is 14.2 Å². The molecule has 3 fully saturated rings. The fourth-order valence-corrected chi connectivity index (χ4v) is 9.02. The zero-order valence-corrected chi connectivity index (χ0v) is 27.9. The quantitative estimate of drug-likeness (QED) is 0.199. The van der Waals surface area contributed by atoms with Crippen molar-refractivity contribution in [1.29, 1.82) is 0 Å². The Morgan fingerprint density at radius 3 is 2.28 bits per heavy atom. The summed E-state index contributed by atoms with van der Waals surface area (Å²) in [6.45, 7) is 9.61. The van der Waals surface area contributed by atoms with Gasteiger partial charge in [-0.3, -0.25) is 19.2 Å². The minimum atomic E-state index is -3.56. The van der Waals surface area contributed by atoms with Gasteiger partial charge in [-0.25, -0.2) is 4.79 Å². The van der Waals surface area contributed by atoms with Crippen LogP contribution in [0.3, 0.4) is 0 Å². The molecule has 0 heterocycles. The van der Waals surface area contributed by atoms with Crippen molar-refractivity contribution in [3.8, 4) is 0 Å². The Morgan fingerprint density at radius 2 is 1.65 bits per heavy atom. The van der Waals surface area contributed by atoms with Crippen LogP contribution in [0.5, 0.6) is 0 Å². The van der Waals surface area contributed by atoms with Crippen LogP contribution >= 0.6 is 0 Å². The number of halogens is 2. The van der Waals surface area contributed by atoms with Gasteiger partial charge in [-0.1, -0.05) is 58.0 Å². The fourth-order valence-electron chi connectivity index (χ4n) is 9.02.